The van der Waals surface area contributed by atoms with Crippen LogP contribution in [0.3, 0.4) is 0 Å². The largest absolute Gasteiger partial charge is 0.473 e. The van der Waals surface area contributed by atoms with Crippen molar-refractivity contribution >= 4 is 53.8 Å². The molecular formula is C14H25NO4S4. The summed E-state index contributed by atoms with van der Waals surface area (Å²) in [6.45, 7) is 6.24. The predicted octanol–water partition coefficient (Wildman–Crippen LogP) is 5.52. The first-order chi connectivity index (χ1) is 10.9. The lowest BCUT2D eigenvalue weighted by atomic mass is 9.91. The van der Waals surface area contributed by atoms with Gasteiger partial charge in [0.05, 0.1) is 0 Å². The van der Waals surface area contributed by atoms with Gasteiger partial charge in [-0.15, -0.1) is 0 Å². The van der Waals surface area contributed by atoms with Crippen LogP contribution in [0.4, 0.5) is 9.59 Å². The lowest BCUT2D eigenvalue weighted by Gasteiger charge is -2.45. The fourth-order valence-corrected chi connectivity index (χ4v) is 7.38. The molecule has 23 heavy (non-hydrogen) atoms. The molecule has 0 aromatic rings. The summed E-state index contributed by atoms with van der Waals surface area (Å²) >= 11 is 0. The van der Waals surface area contributed by atoms with Crippen LogP contribution < -0.4 is 0 Å². The minimum atomic E-state index is -0.876. The molecule has 1 aliphatic heterocycles. The number of nitrogens with zero attached hydrogens (tertiary/aromatic N) is 1. The number of piperidine rings is 1. The van der Waals surface area contributed by atoms with Crippen molar-refractivity contribution in [2.45, 2.75) is 56.7 Å². The second kappa shape index (κ2) is 11.0. The number of hydrogen-bond donors (Lipinski definition) is 2. The van der Waals surface area contributed by atoms with Gasteiger partial charge in [-0.3, -0.25) is 4.90 Å². The van der Waals surface area contributed by atoms with E-state index >= 15 is 0 Å². The molecule has 1 fully saturated rings. The Morgan fingerprint density at radius 2 is 1.61 bits per heavy atom. The van der Waals surface area contributed by atoms with E-state index in [-0.39, 0.29) is 10.8 Å². The summed E-state index contributed by atoms with van der Waals surface area (Å²) in [6, 6.07) is 0.187. The van der Waals surface area contributed by atoms with Gasteiger partial charge < -0.3 is 10.2 Å². The highest BCUT2D eigenvalue weighted by molar-refractivity contribution is 8.82. The molecule has 1 aliphatic rings. The van der Waals surface area contributed by atoms with E-state index in [1.807, 2.05) is 0 Å². The van der Waals surface area contributed by atoms with Gasteiger partial charge in [-0.1, -0.05) is 41.9 Å². The van der Waals surface area contributed by atoms with Gasteiger partial charge in [-0.05, 0) is 38.8 Å². The Bertz CT molecular complexity index is 387. The molecule has 9 heteroatoms. The molecule has 0 radical (unpaired) electrons. The molecule has 0 aromatic heterocycles. The highest BCUT2D eigenvalue weighted by Gasteiger charge is 2.41. The summed E-state index contributed by atoms with van der Waals surface area (Å²) in [5.74, 6) is 0.700. The van der Waals surface area contributed by atoms with Crippen LogP contribution in [-0.2, 0) is 0 Å². The summed E-state index contributed by atoms with van der Waals surface area (Å²) in [7, 11) is 4.56. The van der Waals surface area contributed by atoms with Crippen molar-refractivity contribution in [3.8, 4) is 0 Å². The minimum Gasteiger partial charge on any atom is -0.473 e. The monoisotopic (exact) mass is 399 g/mol. The van der Waals surface area contributed by atoms with Crippen LogP contribution in [0.25, 0.3) is 0 Å². The lowest BCUT2D eigenvalue weighted by molar-refractivity contribution is 0.142. The molecule has 134 valence electrons. The molecule has 0 amide bonds. The SMILES string of the molecule is CCC(CC)(SSC(=O)O)C(CSSC(=O)O)N1CCCCC1. The Balaban J connectivity index is 2.89. The molecule has 2 N–H and O–H groups in total. The molecule has 1 unspecified atom stereocenters. The Hall–Kier alpha value is 0.300. The van der Waals surface area contributed by atoms with Crippen LogP contribution >= 0.6 is 43.2 Å². The molecular weight excluding hydrogens is 374 g/mol. The zero-order chi connectivity index (χ0) is 17.3. The molecule has 1 heterocycles. The van der Waals surface area contributed by atoms with Crippen molar-refractivity contribution in [3.63, 3.8) is 0 Å². The Morgan fingerprint density at radius 1 is 1.04 bits per heavy atom. The smallest absolute Gasteiger partial charge is 0.375 e. The maximum Gasteiger partial charge on any atom is 0.375 e. The second-order valence-electron chi connectivity index (χ2n) is 5.45. The Kier molecular flexibility index (Phi) is 10.2. The van der Waals surface area contributed by atoms with Gasteiger partial charge in [0, 0.05) is 38.1 Å². The highest BCUT2D eigenvalue weighted by Crippen LogP contribution is 2.47. The maximum absolute atomic E-state index is 11.0. The van der Waals surface area contributed by atoms with Crippen LogP contribution in [0.5, 0.6) is 0 Å². The molecule has 0 aliphatic carbocycles. The van der Waals surface area contributed by atoms with Crippen molar-refractivity contribution in [1.82, 2.24) is 4.90 Å². The van der Waals surface area contributed by atoms with Gasteiger partial charge in [0.15, 0.2) is 0 Å². The van der Waals surface area contributed by atoms with E-state index in [2.05, 4.69) is 18.7 Å². The van der Waals surface area contributed by atoms with Crippen LogP contribution in [-0.4, -0.2) is 55.3 Å². The van der Waals surface area contributed by atoms with E-state index in [9.17, 15) is 9.59 Å². The van der Waals surface area contributed by atoms with Gasteiger partial charge in [0.2, 0.25) is 0 Å². The Labute approximate surface area is 153 Å². The summed E-state index contributed by atoms with van der Waals surface area (Å²) in [5, 5.41) is 16.2. The molecule has 5 nitrogen and oxygen atoms in total. The van der Waals surface area contributed by atoms with Gasteiger partial charge in [-0.25, -0.2) is 9.59 Å². The summed E-state index contributed by atoms with van der Waals surface area (Å²) in [4.78, 5) is 24.3. The van der Waals surface area contributed by atoms with Crippen LogP contribution in [0.2, 0.25) is 0 Å². The average molecular weight is 400 g/mol. The Morgan fingerprint density at radius 3 is 2.09 bits per heavy atom. The molecule has 0 bridgehead atoms. The lowest BCUT2D eigenvalue weighted by Crippen LogP contribution is -2.53. The number of carbonyl (C=O) groups is 2. The summed E-state index contributed by atoms with van der Waals surface area (Å²) in [6.07, 6.45) is 5.30. The van der Waals surface area contributed by atoms with Crippen LogP contribution in [0.1, 0.15) is 46.0 Å². The number of hydrogen-bond acceptors (Lipinski definition) is 7. The van der Waals surface area contributed by atoms with Crippen molar-refractivity contribution < 1.29 is 19.8 Å². The molecule has 1 saturated heterocycles. The van der Waals surface area contributed by atoms with Crippen LogP contribution in [0.15, 0.2) is 0 Å². The van der Waals surface area contributed by atoms with Gasteiger partial charge in [0.25, 0.3) is 0 Å². The van der Waals surface area contributed by atoms with Crippen molar-refractivity contribution in [1.29, 1.82) is 0 Å². The summed E-state index contributed by atoms with van der Waals surface area (Å²) < 4.78 is -0.174. The third-order valence-electron chi connectivity index (χ3n) is 4.27. The quantitative estimate of drug-likeness (QED) is 0.487. The second-order valence-corrected chi connectivity index (χ2v) is 10.2. The molecule has 0 saturated carbocycles. The van der Waals surface area contributed by atoms with E-state index < -0.39 is 10.6 Å². The topological polar surface area (TPSA) is 77.8 Å². The number of rotatable bonds is 9. The third kappa shape index (κ3) is 6.97. The van der Waals surface area contributed by atoms with Crippen molar-refractivity contribution in [2.24, 2.45) is 0 Å². The predicted molar refractivity (Wildman–Crippen MR) is 104 cm³/mol. The minimum absolute atomic E-state index is 0.174. The van der Waals surface area contributed by atoms with Gasteiger partial charge in [-0.2, -0.15) is 0 Å². The highest BCUT2D eigenvalue weighted by atomic mass is 33.1. The summed E-state index contributed by atoms with van der Waals surface area (Å²) in [5.41, 5.74) is 0. The van der Waals surface area contributed by atoms with Gasteiger partial charge >= 0.3 is 10.6 Å². The van der Waals surface area contributed by atoms with E-state index in [4.69, 9.17) is 10.2 Å². The van der Waals surface area contributed by atoms with Gasteiger partial charge in [0.1, 0.15) is 0 Å². The maximum atomic E-state index is 11.0. The first-order valence-corrected chi connectivity index (χ1v) is 12.3. The number of carboxylic acid groups (broad SMARTS) is 2. The van der Waals surface area contributed by atoms with E-state index in [0.29, 0.717) is 5.75 Å². The van der Waals surface area contributed by atoms with Crippen LogP contribution in [0, 0.1) is 0 Å². The fraction of sp³-hybridized carbons (Fsp3) is 0.857. The molecule has 0 spiro atoms. The zero-order valence-electron chi connectivity index (χ0n) is 13.5. The zero-order valence-corrected chi connectivity index (χ0v) is 16.8. The first kappa shape index (κ1) is 21.3. The molecule has 1 rings (SSSR count). The first-order valence-electron chi connectivity index (χ1n) is 7.80. The average Bonchev–Trinajstić information content (AvgIpc) is 2.54. The third-order valence-corrected chi connectivity index (χ3v) is 9.25. The van der Waals surface area contributed by atoms with E-state index in [1.54, 1.807) is 0 Å². The molecule has 0 aromatic carbocycles. The van der Waals surface area contributed by atoms with Crippen molar-refractivity contribution in [3.05, 3.63) is 0 Å². The van der Waals surface area contributed by atoms with E-state index in [1.165, 1.54) is 28.0 Å². The number of likely N-dealkylation sites (tertiary alicyclic amines) is 1. The fourth-order valence-electron chi connectivity index (χ4n) is 2.98. The van der Waals surface area contributed by atoms with E-state index in [0.717, 1.165) is 60.4 Å². The molecule has 1 atom stereocenters. The van der Waals surface area contributed by atoms with Crippen molar-refractivity contribution in [2.75, 3.05) is 18.8 Å². The standard InChI is InChI=1S/C14H25NO4S4/c1-3-14(4-2,23-22-13(18)19)11(10-20-21-12(16)17)15-8-6-5-7-9-15/h11H,3-10H2,1-2H3,(H,16,17)(H,18,19). The normalized spacial score (nSPS) is 17.8.